The second kappa shape index (κ2) is 6.21. The number of carbonyl (C=O) groups is 1. The van der Waals surface area contributed by atoms with Gasteiger partial charge in [0, 0.05) is 20.0 Å². The van der Waals surface area contributed by atoms with E-state index in [0.717, 1.165) is 17.8 Å². The molecule has 26 heavy (non-hydrogen) atoms. The molecule has 1 aromatic carbocycles. The van der Waals surface area contributed by atoms with Gasteiger partial charge in [-0.2, -0.15) is 0 Å². The van der Waals surface area contributed by atoms with Gasteiger partial charge in [-0.3, -0.25) is 4.79 Å². The summed E-state index contributed by atoms with van der Waals surface area (Å²) in [5, 5.41) is 19.0. The number of imidazole rings is 1. The summed E-state index contributed by atoms with van der Waals surface area (Å²) in [6.07, 6.45) is 3.37. The standard InChI is InChI=1S/C18H22N6O2/c1-12-20-14-6-3-5-13(16(14)21-12)17(25)24-8-4-7-18(26,10-24)9-15-22-19-11-23(15)2/h3,5-6,11,26H,4,7-10H2,1-2H3,(H,20,21). The van der Waals surface area contributed by atoms with E-state index in [1.807, 2.05) is 26.1 Å². The zero-order valence-corrected chi connectivity index (χ0v) is 14.9. The predicted molar refractivity (Wildman–Crippen MR) is 95.6 cm³/mol. The van der Waals surface area contributed by atoms with Gasteiger partial charge in [-0.1, -0.05) is 6.07 Å². The van der Waals surface area contributed by atoms with Crippen molar-refractivity contribution in [1.82, 2.24) is 29.6 Å². The average Bonchev–Trinajstić information content (AvgIpc) is 3.18. The van der Waals surface area contributed by atoms with Crippen LogP contribution >= 0.6 is 0 Å². The third kappa shape index (κ3) is 2.96. The predicted octanol–water partition coefficient (Wildman–Crippen LogP) is 1.21. The number of aliphatic hydroxyl groups is 1. The second-order valence-electron chi connectivity index (χ2n) is 7.11. The Hall–Kier alpha value is -2.74. The van der Waals surface area contributed by atoms with Crippen LogP contribution in [0.1, 0.15) is 34.8 Å². The Bertz CT molecular complexity index is 962. The van der Waals surface area contributed by atoms with Crippen LogP contribution in [0, 0.1) is 6.92 Å². The summed E-state index contributed by atoms with van der Waals surface area (Å²) in [6.45, 7) is 2.77. The van der Waals surface area contributed by atoms with Gasteiger partial charge < -0.3 is 19.6 Å². The molecule has 0 saturated carbocycles. The SMILES string of the molecule is Cc1nc2c(C(=O)N3CCCC(O)(Cc4nncn4C)C3)cccc2[nH]1. The molecule has 1 aliphatic heterocycles. The number of aryl methyl sites for hydroxylation is 2. The molecule has 2 aromatic heterocycles. The third-order valence-electron chi connectivity index (χ3n) is 5.00. The van der Waals surface area contributed by atoms with Crippen LogP contribution in [-0.4, -0.2) is 59.3 Å². The molecule has 136 valence electrons. The van der Waals surface area contributed by atoms with Crippen LogP contribution in [0.5, 0.6) is 0 Å². The molecule has 1 aliphatic rings. The number of rotatable bonds is 3. The molecule has 8 heteroatoms. The Kier molecular flexibility index (Phi) is 3.99. The molecule has 3 heterocycles. The lowest BCUT2D eigenvalue weighted by molar-refractivity contribution is -0.0257. The summed E-state index contributed by atoms with van der Waals surface area (Å²) in [7, 11) is 1.85. The molecule has 1 atom stereocenters. The van der Waals surface area contributed by atoms with Crippen molar-refractivity contribution in [1.29, 1.82) is 0 Å². The summed E-state index contributed by atoms with van der Waals surface area (Å²) in [6, 6.07) is 5.55. The summed E-state index contributed by atoms with van der Waals surface area (Å²) >= 11 is 0. The van der Waals surface area contributed by atoms with E-state index in [1.165, 1.54) is 0 Å². The van der Waals surface area contributed by atoms with Crippen molar-refractivity contribution in [3.05, 3.63) is 41.7 Å². The molecule has 1 unspecified atom stereocenters. The molecule has 0 radical (unpaired) electrons. The number of carbonyl (C=O) groups excluding carboxylic acids is 1. The maximum Gasteiger partial charge on any atom is 0.256 e. The lowest BCUT2D eigenvalue weighted by atomic mass is 9.89. The van der Waals surface area contributed by atoms with E-state index in [9.17, 15) is 9.90 Å². The molecule has 4 rings (SSSR count). The molecule has 0 spiro atoms. The number of aromatic amines is 1. The largest absolute Gasteiger partial charge is 0.388 e. The van der Waals surface area contributed by atoms with Crippen molar-refractivity contribution in [2.45, 2.75) is 31.8 Å². The van der Waals surface area contributed by atoms with E-state index >= 15 is 0 Å². The van der Waals surface area contributed by atoms with Crippen LogP contribution < -0.4 is 0 Å². The van der Waals surface area contributed by atoms with Crippen LogP contribution in [0.3, 0.4) is 0 Å². The molecular formula is C18H22N6O2. The highest BCUT2D eigenvalue weighted by Crippen LogP contribution is 2.27. The second-order valence-corrected chi connectivity index (χ2v) is 7.11. The third-order valence-corrected chi connectivity index (χ3v) is 5.00. The van der Waals surface area contributed by atoms with Crippen LogP contribution in [0.15, 0.2) is 24.5 Å². The van der Waals surface area contributed by atoms with Gasteiger partial charge in [0.2, 0.25) is 0 Å². The highest BCUT2D eigenvalue weighted by Gasteiger charge is 2.37. The number of piperidine rings is 1. The van der Waals surface area contributed by atoms with E-state index in [2.05, 4.69) is 20.2 Å². The molecule has 1 fully saturated rings. The maximum atomic E-state index is 13.1. The highest BCUT2D eigenvalue weighted by molar-refractivity contribution is 6.04. The molecule has 3 aromatic rings. The van der Waals surface area contributed by atoms with Crippen molar-refractivity contribution >= 4 is 16.9 Å². The van der Waals surface area contributed by atoms with Crippen LogP contribution in [0.2, 0.25) is 0 Å². The number of fused-ring (bicyclic) bond motifs is 1. The summed E-state index contributed by atoms with van der Waals surface area (Å²) < 4.78 is 1.80. The van der Waals surface area contributed by atoms with E-state index in [1.54, 1.807) is 21.9 Å². The molecule has 8 nitrogen and oxygen atoms in total. The van der Waals surface area contributed by atoms with Gasteiger partial charge >= 0.3 is 0 Å². The molecular weight excluding hydrogens is 332 g/mol. The number of para-hydroxylation sites is 1. The Morgan fingerprint density at radius 2 is 2.27 bits per heavy atom. The molecule has 1 saturated heterocycles. The molecule has 0 aliphatic carbocycles. The Labute approximate surface area is 150 Å². The number of aromatic nitrogens is 5. The van der Waals surface area contributed by atoms with Gasteiger partial charge in [0.05, 0.1) is 23.2 Å². The van der Waals surface area contributed by atoms with E-state index < -0.39 is 5.60 Å². The van der Waals surface area contributed by atoms with Crippen LogP contribution in [0.4, 0.5) is 0 Å². The van der Waals surface area contributed by atoms with E-state index in [0.29, 0.717) is 36.3 Å². The molecule has 2 N–H and O–H groups in total. The Morgan fingerprint density at radius 3 is 3.04 bits per heavy atom. The number of hydrogen-bond donors (Lipinski definition) is 2. The van der Waals surface area contributed by atoms with Gasteiger partial charge in [-0.15, -0.1) is 10.2 Å². The monoisotopic (exact) mass is 354 g/mol. The fourth-order valence-corrected chi connectivity index (χ4v) is 3.69. The van der Waals surface area contributed by atoms with Gasteiger partial charge in [-0.05, 0) is 31.9 Å². The maximum absolute atomic E-state index is 13.1. The zero-order chi connectivity index (χ0) is 18.3. The first-order valence-electron chi connectivity index (χ1n) is 8.75. The molecule has 0 bridgehead atoms. The number of hydrogen-bond acceptors (Lipinski definition) is 5. The van der Waals surface area contributed by atoms with Crippen molar-refractivity contribution in [2.24, 2.45) is 7.05 Å². The van der Waals surface area contributed by atoms with Crippen molar-refractivity contribution in [3.63, 3.8) is 0 Å². The zero-order valence-electron chi connectivity index (χ0n) is 14.9. The lowest BCUT2D eigenvalue weighted by Gasteiger charge is -2.39. The van der Waals surface area contributed by atoms with Gasteiger partial charge in [0.1, 0.15) is 23.5 Å². The number of nitrogens with zero attached hydrogens (tertiary/aromatic N) is 5. The minimum absolute atomic E-state index is 0.0989. The first kappa shape index (κ1) is 16.7. The fraction of sp³-hybridized carbons (Fsp3) is 0.444. The molecule has 1 amide bonds. The van der Waals surface area contributed by atoms with Gasteiger partial charge in [0.25, 0.3) is 5.91 Å². The summed E-state index contributed by atoms with van der Waals surface area (Å²) in [4.78, 5) is 22.4. The minimum atomic E-state index is -0.996. The number of H-pyrrole nitrogens is 1. The summed E-state index contributed by atoms with van der Waals surface area (Å²) in [5.74, 6) is 1.39. The number of β-amino-alcohol motifs (C(OH)–C–C–N with tert-alkyl or cyclic N) is 1. The average molecular weight is 354 g/mol. The topological polar surface area (TPSA) is 99.9 Å². The Morgan fingerprint density at radius 1 is 1.42 bits per heavy atom. The fourth-order valence-electron chi connectivity index (χ4n) is 3.69. The summed E-state index contributed by atoms with van der Waals surface area (Å²) in [5.41, 5.74) is 1.09. The highest BCUT2D eigenvalue weighted by atomic mass is 16.3. The van der Waals surface area contributed by atoms with Crippen molar-refractivity contribution < 1.29 is 9.90 Å². The van der Waals surface area contributed by atoms with Crippen molar-refractivity contribution in [2.75, 3.05) is 13.1 Å². The van der Waals surface area contributed by atoms with Crippen LogP contribution in [0.25, 0.3) is 11.0 Å². The number of amides is 1. The quantitative estimate of drug-likeness (QED) is 0.736. The normalized spacial score (nSPS) is 20.7. The van der Waals surface area contributed by atoms with Crippen molar-refractivity contribution in [3.8, 4) is 0 Å². The van der Waals surface area contributed by atoms with E-state index in [4.69, 9.17) is 0 Å². The number of likely N-dealkylation sites (tertiary alicyclic amines) is 1. The van der Waals surface area contributed by atoms with Crippen LogP contribution in [-0.2, 0) is 13.5 Å². The Balaban J connectivity index is 1.59. The first-order chi connectivity index (χ1) is 12.5. The number of benzene rings is 1. The first-order valence-corrected chi connectivity index (χ1v) is 8.75. The minimum Gasteiger partial charge on any atom is -0.388 e. The van der Waals surface area contributed by atoms with E-state index in [-0.39, 0.29) is 12.5 Å². The number of nitrogens with one attached hydrogen (secondary N) is 1. The smallest absolute Gasteiger partial charge is 0.256 e. The van der Waals surface area contributed by atoms with Gasteiger partial charge in [0.15, 0.2) is 0 Å². The lowest BCUT2D eigenvalue weighted by Crippen LogP contribution is -2.51. The van der Waals surface area contributed by atoms with Gasteiger partial charge in [-0.25, -0.2) is 4.98 Å².